The molecule has 0 aromatic heterocycles. The van der Waals surface area contributed by atoms with Gasteiger partial charge in [0.15, 0.2) is 23.3 Å². The standard InChI is InChI=1S/C13H13F5N2/c1-6-2-4-7(5-3-6)19-20-13-11(17)9(15)8(14)10(16)12(13)18/h6,20H,2-5H2,1H3. The van der Waals surface area contributed by atoms with E-state index >= 15 is 0 Å². The Bertz CT molecular complexity index is 517. The number of hydrazone groups is 1. The Morgan fingerprint density at radius 3 is 1.80 bits per heavy atom. The Balaban J connectivity index is 2.24. The SMILES string of the molecule is CC1CCC(=NNc2c(F)c(F)c(F)c(F)c2F)CC1. The highest BCUT2D eigenvalue weighted by Crippen LogP contribution is 2.28. The van der Waals surface area contributed by atoms with Gasteiger partial charge in [-0.05, 0) is 31.6 Å². The van der Waals surface area contributed by atoms with Crippen molar-refractivity contribution >= 4 is 11.4 Å². The molecular weight excluding hydrogens is 279 g/mol. The number of nitrogens with zero attached hydrogens (tertiary/aromatic N) is 1. The maximum absolute atomic E-state index is 13.4. The summed E-state index contributed by atoms with van der Waals surface area (Å²) in [5.74, 6) is -9.41. The van der Waals surface area contributed by atoms with Crippen LogP contribution in [-0.4, -0.2) is 5.71 Å². The first kappa shape index (κ1) is 14.7. The van der Waals surface area contributed by atoms with E-state index < -0.39 is 34.8 Å². The third-order valence-electron chi connectivity index (χ3n) is 3.39. The molecule has 1 aromatic carbocycles. The van der Waals surface area contributed by atoms with Gasteiger partial charge in [-0.1, -0.05) is 6.92 Å². The van der Waals surface area contributed by atoms with Gasteiger partial charge in [0.25, 0.3) is 0 Å². The number of hydrogen-bond acceptors (Lipinski definition) is 2. The second-order valence-corrected chi connectivity index (χ2v) is 4.92. The van der Waals surface area contributed by atoms with Crippen LogP contribution in [0.1, 0.15) is 32.6 Å². The molecule has 1 N–H and O–H groups in total. The van der Waals surface area contributed by atoms with Crippen molar-refractivity contribution in [1.82, 2.24) is 0 Å². The summed E-state index contributed by atoms with van der Waals surface area (Å²) in [6.07, 6.45) is 3.06. The zero-order chi connectivity index (χ0) is 14.9. The van der Waals surface area contributed by atoms with Gasteiger partial charge in [0.05, 0.1) is 0 Å². The van der Waals surface area contributed by atoms with Crippen molar-refractivity contribution in [3.8, 4) is 0 Å². The van der Waals surface area contributed by atoms with E-state index in [0.29, 0.717) is 24.5 Å². The fourth-order valence-electron chi connectivity index (χ4n) is 2.05. The monoisotopic (exact) mass is 292 g/mol. The molecule has 0 heterocycles. The first-order valence-electron chi connectivity index (χ1n) is 6.24. The summed E-state index contributed by atoms with van der Waals surface area (Å²) in [6.45, 7) is 2.08. The molecule has 0 radical (unpaired) electrons. The van der Waals surface area contributed by atoms with Gasteiger partial charge in [0.2, 0.25) is 5.82 Å². The normalized spacial score (nSPS) is 19.1. The molecule has 0 atom stereocenters. The van der Waals surface area contributed by atoms with Crippen LogP contribution >= 0.6 is 0 Å². The van der Waals surface area contributed by atoms with E-state index in [1.165, 1.54) is 0 Å². The van der Waals surface area contributed by atoms with E-state index in [-0.39, 0.29) is 0 Å². The van der Waals surface area contributed by atoms with Gasteiger partial charge in [-0.15, -0.1) is 0 Å². The molecule has 0 bridgehead atoms. The third kappa shape index (κ3) is 2.76. The molecular formula is C13H13F5N2. The van der Waals surface area contributed by atoms with Crippen molar-refractivity contribution in [3.63, 3.8) is 0 Å². The highest BCUT2D eigenvalue weighted by atomic mass is 19.2. The topological polar surface area (TPSA) is 24.4 Å². The van der Waals surface area contributed by atoms with E-state index in [9.17, 15) is 22.0 Å². The van der Waals surface area contributed by atoms with Gasteiger partial charge in [-0.25, -0.2) is 22.0 Å². The van der Waals surface area contributed by atoms with Crippen LogP contribution in [-0.2, 0) is 0 Å². The van der Waals surface area contributed by atoms with Crippen LogP contribution in [0.15, 0.2) is 5.10 Å². The lowest BCUT2D eigenvalue weighted by Crippen LogP contribution is -2.14. The highest BCUT2D eigenvalue weighted by Gasteiger charge is 2.25. The fourth-order valence-corrected chi connectivity index (χ4v) is 2.05. The van der Waals surface area contributed by atoms with Crippen LogP contribution in [0.5, 0.6) is 0 Å². The van der Waals surface area contributed by atoms with E-state index in [0.717, 1.165) is 12.8 Å². The van der Waals surface area contributed by atoms with Crippen LogP contribution in [0, 0.1) is 35.0 Å². The Morgan fingerprint density at radius 2 is 1.30 bits per heavy atom. The minimum absolute atomic E-state index is 0.545. The van der Waals surface area contributed by atoms with Crippen LogP contribution in [0.3, 0.4) is 0 Å². The number of rotatable bonds is 2. The molecule has 1 aromatic rings. The molecule has 2 nitrogen and oxygen atoms in total. The summed E-state index contributed by atoms with van der Waals surface area (Å²) in [7, 11) is 0. The van der Waals surface area contributed by atoms with E-state index in [1.807, 2.05) is 5.43 Å². The molecule has 20 heavy (non-hydrogen) atoms. The maximum atomic E-state index is 13.4. The molecule has 110 valence electrons. The highest BCUT2D eigenvalue weighted by molar-refractivity contribution is 5.85. The summed E-state index contributed by atoms with van der Waals surface area (Å²) in [4.78, 5) is 0. The predicted octanol–water partition coefficient (Wildman–Crippen LogP) is 4.36. The molecule has 0 spiro atoms. The quantitative estimate of drug-likeness (QED) is 0.372. The Hall–Kier alpha value is -1.66. The molecule has 0 saturated heterocycles. The molecule has 7 heteroatoms. The zero-order valence-corrected chi connectivity index (χ0v) is 10.7. The molecule has 0 amide bonds. The van der Waals surface area contributed by atoms with Gasteiger partial charge < -0.3 is 0 Å². The minimum atomic E-state index is -2.18. The van der Waals surface area contributed by atoms with Crippen molar-refractivity contribution in [2.45, 2.75) is 32.6 Å². The lowest BCUT2D eigenvalue weighted by molar-refractivity contribution is 0.381. The lowest BCUT2D eigenvalue weighted by Gasteiger charge is -2.19. The predicted molar refractivity (Wildman–Crippen MR) is 64.9 cm³/mol. The second kappa shape index (κ2) is 5.76. The number of halogens is 5. The first-order valence-corrected chi connectivity index (χ1v) is 6.24. The van der Waals surface area contributed by atoms with Crippen LogP contribution in [0.2, 0.25) is 0 Å². The number of benzene rings is 1. The zero-order valence-electron chi connectivity index (χ0n) is 10.7. The molecule has 1 fully saturated rings. The Labute approximate surface area is 112 Å². The van der Waals surface area contributed by atoms with Gasteiger partial charge in [0, 0.05) is 5.71 Å². The smallest absolute Gasteiger partial charge is 0.200 e. The van der Waals surface area contributed by atoms with E-state index in [4.69, 9.17) is 0 Å². The summed E-state index contributed by atoms with van der Waals surface area (Å²) in [5.41, 5.74) is 1.51. The van der Waals surface area contributed by atoms with Gasteiger partial charge in [-0.2, -0.15) is 5.10 Å². The van der Waals surface area contributed by atoms with Crippen molar-refractivity contribution in [1.29, 1.82) is 0 Å². The average Bonchev–Trinajstić information content (AvgIpc) is 2.45. The molecule has 1 aliphatic carbocycles. The molecule has 0 unspecified atom stereocenters. The number of nitrogens with one attached hydrogen (secondary N) is 1. The van der Waals surface area contributed by atoms with E-state index in [1.54, 1.807) is 0 Å². The number of hydrogen-bond donors (Lipinski definition) is 1. The van der Waals surface area contributed by atoms with Crippen LogP contribution < -0.4 is 5.43 Å². The Morgan fingerprint density at radius 1 is 0.850 bits per heavy atom. The summed E-state index contributed by atoms with van der Waals surface area (Å²) in [6, 6.07) is 0. The summed E-state index contributed by atoms with van der Waals surface area (Å²) < 4.78 is 65.5. The molecule has 2 rings (SSSR count). The third-order valence-corrected chi connectivity index (χ3v) is 3.39. The number of anilines is 1. The lowest BCUT2D eigenvalue weighted by atomic mass is 9.90. The Kier molecular flexibility index (Phi) is 4.25. The van der Waals surface area contributed by atoms with Crippen molar-refractivity contribution in [3.05, 3.63) is 29.1 Å². The van der Waals surface area contributed by atoms with Gasteiger partial charge in [-0.3, -0.25) is 5.43 Å². The fraction of sp³-hybridized carbons (Fsp3) is 0.462. The van der Waals surface area contributed by atoms with Crippen molar-refractivity contribution in [2.75, 3.05) is 5.43 Å². The van der Waals surface area contributed by atoms with E-state index in [2.05, 4.69) is 12.0 Å². The van der Waals surface area contributed by atoms with Crippen molar-refractivity contribution < 1.29 is 22.0 Å². The minimum Gasteiger partial charge on any atom is -0.272 e. The maximum Gasteiger partial charge on any atom is 0.200 e. The molecule has 1 saturated carbocycles. The van der Waals surface area contributed by atoms with Gasteiger partial charge >= 0.3 is 0 Å². The summed E-state index contributed by atoms with van der Waals surface area (Å²) in [5, 5.41) is 3.75. The average molecular weight is 292 g/mol. The molecule has 0 aliphatic heterocycles. The molecule has 1 aliphatic rings. The van der Waals surface area contributed by atoms with Crippen LogP contribution in [0.25, 0.3) is 0 Å². The van der Waals surface area contributed by atoms with Gasteiger partial charge in [0.1, 0.15) is 5.69 Å². The summed E-state index contributed by atoms with van der Waals surface area (Å²) >= 11 is 0. The second-order valence-electron chi connectivity index (χ2n) is 4.92. The first-order chi connectivity index (χ1) is 9.41. The van der Waals surface area contributed by atoms with Crippen LogP contribution in [0.4, 0.5) is 27.6 Å². The van der Waals surface area contributed by atoms with Crippen molar-refractivity contribution in [2.24, 2.45) is 11.0 Å². The largest absolute Gasteiger partial charge is 0.272 e.